The van der Waals surface area contributed by atoms with Gasteiger partial charge >= 0.3 is 0 Å². The van der Waals surface area contributed by atoms with Gasteiger partial charge in [-0.25, -0.2) is 0 Å². The molecular weight excluding hydrogens is 212 g/mol. The van der Waals surface area contributed by atoms with Crippen molar-refractivity contribution in [3.63, 3.8) is 0 Å². The van der Waals surface area contributed by atoms with Crippen LogP contribution in [0.5, 0.6) is 0 Å². The van der Waals surface area contributed by atoms with E-state index in [0.29, 0.717) is 5.25 Å². The van der Waals surface area contributed by atoms with Crippen molar-refractivity contribution < 1.29 is 0 Å². The summed E-state index contributed by atoms with van der Waals surface area (Å²) in [6.45, 7) is 4.44. The van der Waals surface area contributed by atoms with Gasteiger partial charge in [-0.05, 0) is 23.3 Å². The molecule has 1 heteroatoms. The second kappa shape index (κ2) is 5.22. The molecule has 0 nitrogen and oxygen atoms in total. The summed E-state index contributed by atoms with van der Waals surface area (Å²) in [5.41, 5.74) is 2.58. The minimum atomic E-state index is 0.631. The van der Waals surface area contributed by atoms with Gasteiger partial charge in [0.25, 0.3) is 0 Å². The Bertz CT molecular complexity index is 446. The van der Waals surface area contributed by atoms with Crippen LogP contribution in [0.2, 0.25) is 0 Å². The van der Waals surface area contributed by atoms with Crippen LogP contribution in [0.1, 0.15) is 13.8 Å². The van der Waals surface area contributed by atoms with E-state index in [1.54, 1.807) is 0 Å². The largest absolute Gasteiger partial charge is 0.123 e. The zero-order valence-electron chi connectivity index (χ0n) is 9.68. The Morgan fingerprint density at radius 3 is 2.19 bits per heavy atom. The van der Waals surface area contributed by atoms with Gasteiger partial charge in [-0.3, -0.25) is 0 Å². The zero-order chi connectivity index (χ0) is 11.4. The first-order chi connectivity index (χ1) is 7.75. The lowest BCUT2D eigenvalue weighted by Crippen LogP contribution is -1.86. The van der Waals surface area contributed by atoms with Crippen molar-refractivity contribution in [2.75, 3.05) is 0 Å². The zero-order valence-corrected chi connectivity index (χ0v) is 10.5. The Kier molecular flexibility index (Phi) is 3.68. The van der Waals surface area contributed by atoms with Crippen LogP contribution in [-0.2, 0) is 0 Å². The summed E-state index contributed by atoms with van der Waals surface area (Å²) >= 11 is 1.91. The van der Waals surface area contributed by atoms with Gasteiger partial charge in [0.05, 0.1) is 0 Å². The quantitative estimate of drug-likeness (QED) is 0.676. The Labute approximate surface area is 102 Å². The summed E-state index contributed by atoms with van der Waals surface area (Å²) in [4.78, 5) is 1.34. The first kappa shape index (κ1) is 11.3. The highest BCUT2D eigenvalue weighted by atomic mass is 32.2. The summed E-state index contributed by atoms with van der Waals surface area (Å²) in [6, 6.07) is 19.3. The fraction of sp³-hybridized carbons (Fsp3) is 0.200. The SMILES string of the molecule is CC(C)Sc1cccc(-c2ccccc2)c1. The van der Waals surface area contributed by atoms with Gasteiger partial charge in [-0.2, -0.15) is 0 Å². The third-order valence-electron chi connectivity index (χ3n) is 2.31. The van der Waals surface area contributed by atoms with Crippen LogP contribution in [0, 0.1) is 0 Å². The third-order valence-corrected chi connectivity index (χ3v) is 3.31. The van der Waals surface area contributed by atoms with E-state index in [1.807, 2.05) is 11.8 Å². The minimum Gasteiger partial charge on any atom is -0.123 e. The maximum atomic E-state index is 2.26. The van der Waals surface area contributed by atoms with Gasteiger partial charge in [-0.15, -0.1) is 11.8 Å². The second-order valence-electron chi connectivity index (χ2n) is 4.06. The van der Waals surface area contributed by atoms with Crippen molar-refractivity contribution in [1.82, 2.24) is 0 Å². The average molecular weight is 228 g/mol. The van der Waals surface area contributed by atoms with Crippen LogP contribution in [0.4, 0.5) is 0 Å². The fourth-order valence-corrected chi connectivity index (χ4v) is 2.55. The monoisotopic (exact) mass is 228 g/mol. The maximum Gasteiger partial charge on any atom is 0.00807 e. The molecule has 0 saturated carbocycles. The molecule has 0 heterocycles. The van der Waals surface area contributed by atoms with Crippen LogP contribution in [0.15, 0.2) is 59.5 Å². The first-order valence-electron chi connectivity index (χ1n) is 5.58. The summed E-state index contributed by atoms with van der Waals surface area (Å²) in [5, 5.41) is 0.631. The predicted octanol–water partition coefficient (Wildman–Crippen LogP) is 4.85. The fourth-order valence-electron chi connectivity index (χ4n) is 1.65. The molecule has 2 rings (SSSR count). The van der Waals surface area contributed by atoms with E-state index < -0.39 is 0 Å². The van der Waals surface area contributed by atoms with Crippen LogP contribution >= 0.6 is 11.8 Å². The smallest absolute Gasteiger partial charge is 0.00807 e. The van der Waals surface area contributed by atoms with Gasteiger partial charge in [0.15, 0.2) is 0 Å². The lowest BCUT2D eigenvalue weighted by Gasteiger charge is -2.07. The van der Waals surface area contributed by atoms with Gasteiger partial charge < -0.3 is 0 Å². The number of rotatable bonds is 3. The number of thioether (sulfide) groups is 1. The van der Waals surface area contributed by atoms with Gasteiger partial charge in [0.1, 0.15) is 0 Å². The molecule has 0 fully saturated rings. The van der Waals surface area contributed by atoms with E-state index in [2.05, 4.69) is 68.4 Å². The third kappa shape index (κ3) is 2.89. The van der Waals surface area contributed by atoms with Gasteiger partial charge in [-0.1, -0.05) is 56.3 Å². The molecule has 0 aliphatic heterocycles. The van der Waals surface area contributed by atoms with Crippen LogP contribution in [0.25, 0.3) is 11.1 Å². The van der Waals surface area contributed by atoms with Crippen LogP contribution in [-0.4, -0.2) is 5.25 Å². The molecule has 0 unspecified atom stereocenters. The summed E-state index contributed by atoms with van der Waals surface area (Å²) < 4.78 is 0. The molecule has 0 aromatic heterocycles. The van der Waals surface area contributed by atoms with Crippen molar-refractivity contribution in [2.45, 2.75) is 24.0 Å². The summed E-state index contributed by atoms with van der Waals surface area (Å²) in [7, 11) is 0. The second-order valence-corrected chi connectivity index (χ2v) is 5.71. The Hall–Kier alpha value is -1.21. The standard InChI is InChI=1S/C15H16S/c1-12(2)16-15-10-6-9-14(11-15)13-7-4-3-5-8-13/h3-12H,1-2H3. The molecule has 0 radical (unpaired) electrons. The van der Waals surface area contributed by atoms with Crippen molar-refractivity contribution in [3.8, 4) is 11.1 Å². The molecule has 2 aromatic carbocycles. The lowest BCUT2D eigenvalue weighted by atomic mass is 10.1. The molecule has 82 valence electrons. The maximum absolute atomic E-state index is 2.26. The molecule has 0 atom stereocenters. The van der Waals surface area contributed by atoms with Gasteiger partial charge in [0, 0.05) is 10.1 Å². The van der Waals surface area contributed by atoms with Crippen molar-refractivity contribution in [3.05, 3.63) is 54.6 Å². The van der Waals surface area contributed by atoms with Crippen LogP contribution in [0.3, 0.4) is 0 Å². The summed E-state index contributed by atoms with van der Waals surface area (Å²) in [5.74, 6) is 0. The van der Waals surface area contributed by atoms with Crippen molar-refractivity contribution in [2.24, 2.45) is 0 Å². The Morgan fingerprint density at radius 2 is 1.50 bits per heavy atom. The lowest BCUT2D eigenvalue weighted by molar-refractivity contribution is 1.11. The van der Waals surface area contributed by atoms with Gasteiger partial charge in [0.2, 0.25) is 0 Å². The normalized spacial score (nSPS) is 10.7. The molecule has 0 aliphatic carbocycles. The highest BCUT2D eigenvalue weighted by Crippen LogP contribution is 2.27. The van der Waals surface area contributed by atoms with Crippen molar-refractivity contribution in [1.29, 1.82) is 0 Å². The average Bonchev–Trinajstić information content (AvgIpc) is 2.30. The van der Waals surface area contributed by atoms with Crippen LogP contribution < -0.4 is 0 Å². The molecule has 0 amide bonds. The molecule has 2 aromatic rings. The van der Waals surface area contributed by atoms with E-state index in [4.69, 9.17) is 0 Å². The Balaban J connectivity index is 2.29. The minimum absolute atomic E-state index is 0.631. The summed E-state index contributed by atoms with van der Waals surface area (Å²) in [6.07, 6.45) is 0. The first-order valence-corrected chi connectivity index (χ1v) is 6.46. The molecule has 0 N–H and O–H groups in total. The Morgan fingerprint density at radius 1 is 0.812 bits per heavy atom. The van der Waals surface area contributed by atoms with Crippen molar-refractivity contribution >= 4 is 11.8 Å². The highest BCUT2D eigenvalue weighted by molar-refractivity contribution is 7.99. The highest BCUT2D eigenvalue weighted by Gasteiger charge is 2.01. The number of benzene rings is 2. The van der Waals surface area contributed by atoms with E-state index in [9.17, 15) is 0 Å². The molecular formula is C15H16S. The molecule has 0 saturated heterocycles. The molecule has 0 bridgehead atoms. The molecule has 0 aliphatic rings. The number of hydrogen-bond acceptors (Lipinski definition) is 1. The van der Waals surface area contributed by atoms with E-state index in [1.165, 1.54) is 16.0 Å². The number of hydrogen-bond donors (Lipinski definition) is 0. The topological polar surface area (TPSA) is 0 Å². The molecule has 16 heavy (non-hydrogen) atoms. The molecule has 0 spiro atoms. The van der Waals surface area contributed by atoms with E-state index in [-0.39, 0.29) is 0 Å². The predicted molar refractivity (Wildman–Crippen MR) is 72.9 cm³/mol. The van der Waals surface area contributed by atoms with E-state index in [0.717, 1.165) is 0 Å². The van der Waals surface area contributed by atoms with E-state index >= 15 is 0 Å².